The molecule has 3 nitrogen and oxygen atoms in total. The SMILES string of the molecule is CN(CCc1cccc(OC(F)(F)F)c1)CCN1CCCC1.Cl. The quantitative estimate of drug-likeness (QED) is 0.746. The summed E-state index contributed by atoms with van der Waals surface area (Å²) < 4.78 is 40.5. The first-order valence-electron chi connectivity index (χ1n) is 7.68. The molecular weight excluding hydrogens is 329 g/mol. The first-order valence-corrected chi connectivity index (χ1v) is 7.68. The average Bonchev–Trinajstić information content (AvgIpc) is 2.95. The number of hydrogen-bond acceptors (Lipinski definition) is 3. The van der Waals surface area contributed by atoms with Crippen molar-refractivity contribution in [2.24, 2.45) is 0 Å². The van der Waals surface area contributed by atoms with Gasteiger partial charge in [-0.1, -0.05) is 12.1 Å². The summed E-state index contributed by atoms with van der Waals surface area (Å²) in [5.41, 5.74) is 0.856. The molecule has 1 heterocycles. The lowest BCUT2D eigenvalue weighted by molar-refractivity contribution is -0.274. The monoisotopic (exact) mass is 352 g/mol. The number of nitrogens with zero attached hydrogens (tertiary/aromatic N) is 2. The summed E-state index contributed by atoms with van der Waals surface area (Å²) in [6, 6.07) is 6.22. The number of likely N-dealkylation sites (tertiary alicyclic amines) is 1. The van der Waals surface area contributed by atoms with E-state index >= 15 is 0 Å². The van der Waals surface area contributed by atoms with E-state index in [1.807, 2.05) is 13.1 Å². The Hall–Kier alpha value is -0.980. The van der Waals surface area contributed by atoms with Crippen LogP contribution in [-0.4, -0.2) is 55.9 Å². The van der Waals surface area contributed by atoms with Crippen LogP contribution in [0.15, 0.2) is 24.3 Å². The van der Waals surface area contributed by atoms with Crippen molar-refractivity contribution in [2.75, 3.05) is 39.8 Å². The smallest absolute Gasteiger partial charge is 0.406 e. The van der Waals surface area contributed by atoms with Crippen LogP contribution in [0.5, 0.6) is 5.75 Å². The zero-order chi connectivity index (χ0) is 16.0. The van der Waals surface area contributed by atoms with E-state index in [2.05, 4.69) is 14.5 Å². The molecule has 0 saturated carbocycles. The highest BCUT2D eigenvalue weighted by atomic mass is 35.5. The van der Waals surface area contributed by atoms with Crippen molar-refractivity contribution < 1.29 is 17.9 Å². The minimum atomic E-state index is -4.63. The summed E-state index contributed by atoms with van der Waals surface area (Å²) in [7, 11) is 2.05. The van der Waals surface area contributed by atoms with Crippen LogP contribution in [0.4, 0.5) is 13.2 Å². The Kier molecular flexibility index (Phi) is 8.16. The Morgan fingerprint density at radius 2 is 1.87 bits per heavy atom. The molecular formula is C16H24ClF3N2O. The molecule has 132 valence electrons. The van der Waals surface area contributed by atoms with E-state index in [1.54, 1.807) is 6.07 Å². The second kappa shape index (κ2) is 9.35. The molecule has 1 saturated heterocycles. The zero-order valence-electron chi connectivity index (χ0n) is 13.3. The molecule has 0 spiro atoms. The molecule has 1 aliphatic heterocycles. The molecule has 0 aliphatic carbocycles. The lowest BCUT2D eigenvalue weighted by Crippen LogP contribution is -2.32. The fraction of sp³-hybridized carbons (Fsp3) is 0.625. The standard InChI is InChI=1S/C16H23F3N2O.ClH/c1-20(11-12-21-8-2-3-9-21)10-7-14-5-4-6-15(13-14)22-16(17,18)19;/h4-6,13H,2-3,7-12H2,1H3;1H. The lowest BCUT2D eigenvalue weighted by atomic mass is 10.1. The van der Waals surface area contributed by atoms with Crippen molar-refractivity contribution in [1.29, 1.82) is 0 Å². The van der Waals surface area contributed by atoms with Gasteiger partial charge in [0.05, 0.1) is 0 Å². The first-order chi connectivity index (χ1) is 10.4. The number of hydrogen-bond donors (Lipinski definition) is 0. The van der Waals surface area contributed by atoms with Gasteiger partial charge in [0.1, 0.15) is 5.75 Å². The summed E-state index contributed by atoms with van der Waals surface area (Å²) >= 11 is 0. The van der Waals surface area contributed by atoms with Gasteiger partial charge in [-0.25, -0.2) is 0 Å². The van der Waals surface area contributed by atoms with Crippen LogP contribution in [0.3, 0.4) is 0 Å². The molecule has 1 aliphatic rings. The van der Waals surface area contributed by atoms with Gasteiger partial charge in [0, 0.05) is 19.6 Å². The first kappa shape index (κ1) is 20.1. The average molecular weight is 353 g/mol. The molecule has 0 radical (unpaired) electrons. The largest absolute Gasteiger partial charge is 0.573 e. The van der Waals surface area contributed by atoms with Crippen molar-refractivity contribution in [3.8, 4) is 5.75 Å². The van der Waals surface area contributed by atoms with Gasteiger partial charge in [0.25, 0.3) is 0 Å². The molecule has 7 heteroatoms. The van der Waals surface area contributed by atoms with Gasteiger partial charge in [0.2, 0.25) is 0 Å². The number of rotatable bonds is 7. The molecule has 0 N–H and O–H groups in total. The summed E-state index contributed by atoms with van der Waals surface area (Å²) in [4.78, 5) is 4.67. The van der Waals surface area contributed by atoms with E-state index in [4.69, 9.17) is 0 Å². The Balaban J connectivity index is 0.00000264. The van der Waals surface area contributed by atoms with E-state index < -0.39 is 6.36 Å². The van der Waals surface area contributed by atoms with Gasteiger partial charge < -0.3 is 14.5 Å². The highest BCUT2D eigenvalue weighted by Crippen LogP contribution is 2.23. The Morgan fingerprint density at radius 1 is 1.17 bits per heavy atom. The molecule has 1 fully saturated rings. The molecule has 23 heavy (non-hydrogen) atoms. The summed E-state index contributed by atoms with van der Waals surface area (Å²) in [5.74, 6) is -0.148. The summed E-state index contributed by atoms with van der Waals surface area (Å²) in [6.07, 6.45) is -1.35. The second-order valence-corrected chi connectivity index (χ2v) is 5.80. The Morgan fingerprint density at radius 3 is 2.52 bits per heavy atom. The maximum atomic E-state index is 12.2. The molecule has 0 aromatic heterocycles. The third kappa shape index (κ3) is 7.90. The normalized spacial score (nSPS) is 15.7. The minimum absolute atomic E-state index is 0. The topological polar surface area (TPSA) is 15.7 Å². The summed E-state index contributed by atoms with van der Waals surface area (Å²) in [5, 5.41) is 0. The molecule has 1 aromatic carbocycles. The van der Waals surface area contributed by atoms with Crippen molar-refractivity contribution in [1.82, 2.24) is 9.80 Å². The number of ether oxygens (including phenoxy) is 1. The molecule has 0 atom stereocenters. The van der Waals surface area contributed by atoms with Crippen LogP contribution in [-0.2, 0) is 6.42 Å². The maximum Gasteiger partial charge on any atom is 0.573 e. The molecule has 2 rings (SSSR count). The van der Waals surface area contributed by atoms with E-state index in [9.17, 15) is 13.2 Å². The number of halogens is 4. The highest BCUT2D eigenvalue weighted by molar-refractivity contribution is 5.85. The predicted octanol–water partition coefficient (Wildman–Crippen LogP) is 3.58. The van der Waals surface area contributed by atoms with Crippen LogP contribution < -0.4 is 4.74 Å². The van der Waals surface area contributed by atoms with Crippen LogP contribution >= 0.6 is 12.4 Å². The van der Waals surface area contributed by atoms with Crippen molar-refractivity contribution >= 4 is 12.4 Å². The van der Waals surface area contributed by atoms with Gasteiger partial charge in [-0.05, 0) is 57.1 Å². The number of alkyl halides is 3. The van der Waals surface area contributed by atoms with E-state index in [1.165, 1.54) is 38.1 Å². The van der Waals surface area contributed by atoms with Crippen molar-refractivity contribution in [3.63, 3.8) is 0 Å². The third-order valence-electron chi connectivity index (χ3n) is 3.91. The van der Waals surface area contributed by atoms with Gasteiger partial charge in [-0.15, -0.1) is 25.6 Å². The van der Waals surface area contributed by atoms with Crippen molar-refractivity contribution in [3.05, 3.63) is 29.8 Å². The lowest BCUT2D eigenvalue weighted by Gasteiger charge is -2.21. The Labute approximate surface area is 141 Å². The zero-order valence-corrected chi connectivity index (χ0v) is 14.1. The number of benzene rings is 1. The van der Waals surface area contributed by atoms with Gasteiger partial charge in [0.15, 0.2) is 0 Å². The highest BCUT2D eigenvalue weighted by Gasteiger charge is 2.31. The predicted molar refractivity (Wildman–Crippen MR) is 87.2 cm³/mol. The molecule has 1 aromatic rings. The van der Waals surface area contributed by atoms with Crippen LogP contribution in [0.25, 0.3) is 0 Å². The fourth-order valence-electron chi connectivity index (χ4n) is 2.65. The molecule has 0 bridgehead atoms. The molecule has 0 amide bonds. The van der Waals surface area contributed by atoms with E-state index in [0.717, 1.165) is 25.2 Å². The van der Waals surface area contributed by atoms with Crippen LogP contribution in [0, 0.1) is 0 Å². The van der Waals surface area contributed by atoms with Crippen LogP contribution in [0.1, 0.15) is 18.4 Å². The van der Waals surface area contributed by atoms with Crippen LogP contribution in [0.2, 0.25) is 0 Å². The van der Waals surface area contributed by atoms with Gasteiger partial charge in [-0.2, -0.15) is 0 Å². The van der Waals surface area contributed by atoms with E-state index in [0.29, 0.717) is 6.42 Å². The van der Waals surface area contributed by atoms with E-state index in [-0.39, 0.29) is 18.2 Å². The fourth-order valence-corrected chi connectivity index (χ4v) is 2.65. The minimum Gasteiger partial charge on any atom is -0.406 e. The van der Waals surface area contributed by atoms with Crippen molar-refractivity contribution in [2.45, 2.75) is 25.6 Å². The third-order valence-corrected chi connectivity index (χ3v) is 3.91. The van der Waals surface area contributed by atoms with Gasteiger partial charge >= 0.3 is 6.36 Å². The Bertz CT molecular complexity index is 465. The second-order valence-electron chi connectivity index (χ2n) is 5.80. The van der Waals surface area contributed by atoms with Gasteiger partial charge in [-0.3, -0.25) is 0 Å². The number of likely N-dealkylation sites (N-methyl/N-ethyl adjacent to an activating group) is 1. The molecule has 0 unspecified atom stereocenters. The maximum absolute atomic E-state index is 12.2. The summed E-state index contributed by atoms with van der Waals surface area (Å²) in [6.45, 7) is 5.24.